The van der Waals surface area contributed by atoms with Crippen LogP contribution in [0.5, 0.6) is 0 Å². The van der Waals surface area contributed by atoms with Crippen molar-refractivity contribution in [1.82, 2.24) is 4.90 Å². The van der Waals surface area contributed by atoms with Crippen molar-refractivity contribution in [2.75, 3.05) is 0 Å². The van der Waals surface area contributed by atoms with Gasteiger partial charge in [0.05, 0.1) is 16.8 Å². The summed E-state index contributed by atoms with van der Waals surface area (Å²) in [6.07, 6.45) is 0. The fraction of sp³-hybridized carbons (Fsp3) is 0.381. The predicted octanol–water partition coefficient (Wildman–Crippen LogP) is 3.56. The third kappa shape index (κ3) is 3.24. The van der Waals surface area contributed by atoms with Crippen LogP contribution in [0.2, 0.25) is 0 Å². The first-order valence-corrected chi connectivity index (χ1v) is 9.40. The summed E-state index contributed by atoms with van der Waals surface area (Å²) in [7, 11) is -1.03. The summed E-state index contributed by atoms with van der Waals surface area (Å²) in [4.78, 5) is 13.8. The van der Waals surface area contributed by atoms with Gasteiger partial charge in [-0.25, -0.2) is 13.2 Å². The van der Waals surface area contributed by atoms with E-state index in [1.165, 1.54) is 17.0 Å². The molecule has 0 N–H and O–H groups in total. The van der Waals surface area contributed by atoms with E-state index in [1.807, 2.05) is 27.7 Å². The van der Waals surface area contributed by atoms with Crippen LogP contribution in [-0.4, -0.2) is 29.1 Å². The van der Waals surface area contributed by atoms with Crippen molar-refractivity contribution in [3.63, 3.8) is 0 Å². The lowest BCUT2D eigenvalue weighted by molar-refractivity contribution is 0.00578. The number of carbonyl (C=O) groups excluding carboxylic acids is 1. The molecule has 0 aromatic heterocycles. The molecule has 4 nitrogen and oxygen atoms in total. The Morgan fingerprint density at radius 2 is 1.66 bits per heavy atom. The Kier molecular flexibility index (Phi) is 4.55. The zero-order chi connectivity index (χ0) is 21.1. The Bertz CT molecular complexity index is 993. The molecule has 1 fully saturated rings. The second kappa shape index (κ2) is 6.60. The third-order valence-corrected chi connectivity index (χ3v) is 6.00. The highest BCUT2D eigenvalue weighted by molar-refractivity contribution is 6.62. The van der Waals surface area contributed by atoms with Gasteiger partial charge in [-0.1, -0.05) is 12.1 Å². The van der Waals surface area contributed by atoms with Crippen LogP contribution >= 0.6 is 0 Å². The van der Waals surface area contributed by atoms with Gasteiger partial charge in [0.1, 0.15) is 17.5 Å². The predicted molar refractivity (Wildman–Crippen MR) is 102 cm³/mol. The normalized spacial score (nSPS) is 19.8. The molecule has 1 saturated heterocycles. The number of carbonyl (C=O) groups is 1. The van der Waals surface area contributed by atoms with Gasteiger partial charge in [-0.2, -0.15) is 0 Å². The van der Waals surface area contributed by atoms with Gasteiger partial charge in [0.2, 0.25) is 0 Å². The van der Waals surface area contributed by atoms with E-state index in [1.54, 1.807) is 6.07 Å². The SMILES string of the molecule is CC1(C)OB(c2cc(F)c(CN3Cc4cccc(F)c4C3=O)cc2F)OC1(C)C. The highest BCUT2D eigenvalue weighted by Gasteiger charge is 2.52. The number of amides is 1. The van der Waals surface area contributed by atoms with E-state index < -0.39 is 41.7 Å². The summed E-state index contributed by atoms with van der Waals surface area (Å²) in [5.41, 5.74) is -0.878. The van der Waals surface area contributed by atoms with E-state index in [4.69, 9.17) is 9.31 Å². The van der Waals surface area contributed by atoms with Crippen molar-refractivity contribution in [1.29, 1.82) is 0 Å². The molecule has 2 heterocycles. The van der Waals surface area contributed by atoms with Crippen LogP contribution < -0.4 is 5.46 Å². The van der Waals surface area contributed by atoms with Gasteiger partial charge in [0.15, 0.2) is 0 Å². The number of nitrogens with zero attached hydrogens (tertiary/aromatic N) is 1. The van der Waals surface area contributed by atoms with E-state index in [2.05, 4.69) is 0 Å². The van der Waals surface area contributed by atoms with Crippen LogP contribution in [0, 0.1) is 17.5 Å². The molecule has 2 aromatic carbocycles. The summed E-state index contributed by atoms with van der Waals surface area (Å²) in [6, 6.07) is 6.46. The Hall–Kier alpha value is -2.32. The smallest absolute Gasteiger partial charge is 0.399 e. The Balaban J connectivity index is 1.58. The molecule has 0 saturated carbocycles. The van der Waals surface area contributed by atoms with Crippen LogP contribution in [0.3, 0.4) is 0 Å². The number of halogens is 3. The van der Waals surface area contributed by atoms with Gasteiger partial charge < -0.3 is 14.2 Å². The lowest BCUT2D eigenvalue weighted by atomic mass is 9.78. The quantitative estimate of drug-likeness (QED) is 0.736. The van der Waals surface area contributed by atoms with Crippen LogP contribution in [0.4, 0.5) is 13.2 Å². The molecule has 2 aromatic rings. The van der Waals surface area contributed by atoms with Gasteiger partial charge in [-0.05, 0) is 51.5 Å². The van der Waals surface area contributed by atoms with Crippen molar-refractivity contribution in [2.24, 2.45) is 0 Å². The first kappa shape index (κ1) is 20.0. The molecule has 2 aliphatic rings. The zero-order valence-corrected chi connectivity index (χ0v) is 16.7. The molecule has 8 heteroatoms. The van der Waals surface area contributed by atoms with Crippen molar-refractivity contribution in [3.8, 4) is 0 Å². The van der Waals surface area contributed by atoms with E-state index in [0.29, 0.717) is 5.56 Å². The number of rotatable bonds is 3. The van der Waals surface area contributed by atoms with E-state index in [0.717, 1.165) is 12.1 Å². The topological polar surface area (TPSA) is 38.8 Å². The number of hydrogen-bond donors (Lipinski definition) is 0. The van der Waals surface area contributed by atoms with Gasteiger partial charge in [-0.15, -0.1) is 0 Å². The second-order valence-corrected chi connectivity index (χ2v) is 8.49. The molecule has 0 radical (unpaired) electrons. The Labute approximate surface area is 167 Å². The molecule has 4 rings (SSSR count). The van der Waals surface area contributed by atoms with Gasteiger partial charge in [0.25, 0.3) is 5.91 Å². The second-order valence-electron chi connectivity index (χ2n) is 8.49. The van der Waals surface area contributed by atoms with Crippen LogP contribution in [0.15, 0.2) is 30.3 Å². The van der Waals surface area contributed by atoms with E-state index in [-0.39, 0.29) is 29.7 Å². The lowest BCUT2D eigenvalue weighted by Gasteiger charge is -2.32. The molecule has 0 aliphatic carbocycles. The molecule has 29 heavy (non-hydrogen) atoms. The van der Waals surface area contributed by atoms with Gasteiger partial charge >= 0.3 is 7.12 Å². The van der Waals surface area contributed by atoms with Crippen LogP contribution in [-0.2, 0) is 22.4 Å². The van der Waals surface area contributed by atoms with Crippen LogP contribution in [0.1, 0.15) is 49.2 Å². The minimum absolute atomic E-state index is 0.00401. The highest BCUT2D eigenvalue weighted by atomic mass is 19.1. The van der Waals surface area contributed by atoms with E-state index in [9.17, 15) is 18.0 Å². The summed E-state index contributed by atoms with van der Waals surface area (Å²) in [5, 5.41) is 0. The number of fused-ring (bicyclic) bond motifs is 1. The summed E-state index contributed by atoms with van der Waals surface area (Å²) >= 11 is 0. The lowest BCUT2D eigenvalue weighted by Crippen LogP contribution is -2.41. The zero-order valence-electron chi connectivity index (χ0n) is 16.7. The van der Waals surface area contributed by atoms with Crippen molar-refractivity contribution < 1.29 is 27.3 Å². The van der Waals surface area contributed by atoms with Crippen LogP contribution in [0.25, 0.3) is 0 Å². The fourth-order valence-corrected chi connectivity index (χ4v) is 3.58. The average molecular weight is 403 g/mol. The molecule has 0 spiro atoms. The summed E-state index contributed by atoms with van der Waals surface area (Å²) in [6.45, 7) is 7.28. The Morgan fingerprint density at radius 1 is 1.00 bits per heavy atom. The number of benzene rings is 2. The van der Waals surface area contributed by atoms with Crippen molar-refractivity contribution in [3.05, 3.63) is 64.5 Å². The molecule has 0 atom stereocenters. The minimum atomic E-state index is -1.03. The molecule has 0 unspecified atom stereocenters. The Morgan fingerprint density at radius 3 is 2.28 bits per heavy atom. The summed E-state index contributed by atoms with van der Waals surface area (Å²) < 4.78 is 55.1. The molecule has 1 amide bonds. The van der Waals surface area contributed by atoms with E-state index >= 15 is 0 Å². The molecule has 152 valence electrons. The third-order valence-electron chi connectivity index (χ3n) is 6.00. The standard InChI is InChI=1S/C21H21BF3NO3/c1-20(2)21(3,4)29-22(28-20)14-9-16(24)13(8-17(14)25)11-26-10-12-6-5-7-15(23)18(12)19(26)27/h5-9H,10-11H2,1-4H3. The molecular weight excluding hydrogens is 382 g/mol. The maximum atomic E-state index is 14.8. The first-order chi connectivity index (χ1) is 13.5. The average Bonchev–Trinajstić information content (AvgIpc) is 3.04. The number of hydrogen-bond acceptors (Lipinski definition) is 3. The largest absolute Gasteiger partial charge is 0.497 e. The van der Waals surface area contributed by atoms with Gasteiger partial charge in [0, 0.05) is 24.1 Å². The van der Waals surface area contributed by atoms with Crippen molar-refractivity contribution >= 4 is 18.5 Å². The molecule has 0 bridgehead atoms. The minimum Gasteiger partial charge on any atom is -0.399 e. The molecular formula is C21H21BF3NO3. The summed E-state index contributed by atoms with van der Waals surface area (Å²) in [5.74, 6) is -2.51. The molecule has 2 aliphatic heterocycles. The maximum Gasteiger partial charge on any atom is 0.497 e. The fourth-order valence-electron chi connectivity index (χ4n) is 3.58. The monoisotopic (exact) mass is 403 g/mol. The van der Waals surface area contributed by atoms with Crippen molar-refractivity contribution in [2.45, 2.75) is 52.0 Å². The van der Waals surface area contributed by atoms with Gasteiger partial charge in [-0.3, -0.25) is 4.79 Å². The maximum absolute atomic E-state index is 14.8. The highest BCUT2D eigenvalue weighted by Crippen LogP contribution is 2.37. The first-order valence-electron chi connectivity index (χ1n) is 9.40.